The van der Waals surface area contributed by atoms with Gasteiger partial charge in [0.05, 0.1) is 27.3 Å². The molecule has 1 aromatic carbocycles. The number of ketones is 1. The molecule has 0 aliphatic carbocycles. The van der Waals surface area contributed by atoms with Crippen LogP contribution >= 0.6 is 0 Å². The minimum atomic E-state index is -0.897. The molecule has 144 valence electrons. The van der Waals surface area contributed by atoms with E-state index in [1.807, 2.05) is 0 Å². The SMILES string of the molecule is COc1ccc(OC)c2c1CN(C(=O)c1[nH]c(C)c(C(C)=O)c1C)CC2O. The highest BCUT2D eigenvalue weighted by Gasteiger charge is 2.33. The van der Waals surface area contributed by atoms with Gasteiger partial charge in [-0.15, -0.1) is 0 Å². The van der Waals surface area contributed by atoms with Crippen LogP contribution in [0.15, 0.2) is 12.1 Å². The number of rotatable bonds is 4. The van der Waals surface area contributed by atoms with E-state index in [9.17, 15) is 14.7 Å². The Morgan fingerprint density at radius 1 is 1.19 bits per heavy atom. The zero-order valence-corrected chi connectivity index (χ0v) is 16.2. The normalized spacial score (nSPS) is 16.1. The molecule has 1 amide bonds. The first kappa shape index (κ1) is 19.0. The van der Waals surface area contributed by atoms with Gasteiger partial charge in [0.15, 0.2) is 5.78 Å². The molecule has 0 saturated carbocycles. The quantitative estimate of drug-likeness (QED) is 0.805. The smallest absolute Gasteiger partial charge is 0.270 e. The number of aliphatic hydroxyl groups is 1. The van der Waals surface area contributed by atoms with Crippen LogP contribution in [-0.2, 0) is 6.54 Å². The number of aromatic amines is 1. The summed E-state index contributed by atoms with van der Waals surface area (Å²) in [6, 6.07) is 3.51. The first-order valence-corrected chi connectivity index (χ1v) is 8.71. The van der Waals surface area contributed by atoms with Gasteiger partial charge in [0.25, 0.3) is 5.91 Å². The van der Waals surface area contributed by atoms with Crippen molar-refractivity contribution in [3.8, 4) is 11.5 Å². The number of hydrogen-bond acceptors (Lipinski definition) is 5. The maximum atomic E-state index is 13.1. The van der Waals surface area contributed by atoms with E-state index in [0.29, 0.717) is 39.6 Å². The highest BCUT2D eigenvalue weighted by molar-refractivity contribution is 6.02. The fraction of sp³-hybridized carbons (Fsp3) is 0.400. The summed E-state index contributed by atoms with van der Waals surface area (Å²) >= 11 is 0. The molecule has 1 aliphatic rings. The number of amides is 1. The second-order valence-corrected chi connectivity index (χ2v) is 6.74. The second kappa shape index (κ2) is 7.08. The number of carbonyl (C=O) groups excluding carboxylic acids is 2. The van der Waals surface area contributed by atoms with Gasteiger partial charge in [-0.25, -0.2) is 0 Å². The molecule has 1 unspecified atom stereocenters. The number of Topliss-reactive ketones (excluding diaryl/α,β-unsaturated/α-hetero) is 1. The fourth-order valence-corrected chi connectivity index (χ4v) is 3.88. The Kier molecular flexibility index (Phi) is 4.97. The third kappa shape index (κ3) is 3.08. The lowest BCUT2D eigenvalue weighted by Crippen LogP contribution is -2.39. The fourth-order valence-electron chi connectivity index (χ4n) is 3.88. The van der Waals surface area contributed by atoms with E-state index in [-0.39, 0.29) is 24.8 Å². The number of methoxy groups -OCH3 is 2. The molecule has 0 saturated heterocycles. The van der Waals surface area contributed by atoms with Crippen molar-refractivity contribution in [3.05, 3.63) is 45.8 Å². The van der Waals surface area contributed by atoms with E-state index in [2.05, 4.69) is 4.98 Å². The number of carbonyl (C=O) groups is 2. The molecule has 0 fully saturated rings. The van der Waals surface area contributed by atoms with Gasteiger partial charge < -0.3 is 24.5 Å². The number of H-pyrrole nitrogens is 1. The van der Waals surface area contributed by atoms with Crippen molar-refractivity contribution in [2.75, 3.05) is 20.8 Å². The van der Waals surface area contributed by atoms with Crippen LogP contribution in [0.3, 0.4) is 0 Å². The van der Waals surface area contributed by atoms with Crippen molar-refractivity contribution in [1.29, 1.82) is 0 Å². The Morgan fingerprint density at radius 2 is 1.81 bits per heavy atom. The zero-order chi connectivity index (χ0) is 19.9. The van der Waals surface area contributed by atoms with Crippen molar-refractivity contribution in [3.63, 3.8) is 0 Å². The lowest BCUT2D eigenvalue weighted by atomic mass is 9.94. The molecule has 7 nitrogen and oxygen atoms in total. The lowest BCUT2D eigenvalue weighted by Gasteiger charge is -2.34. The van der Waals surface area contributed by atoms with Crippen molar-refractivity contribution >= 4 is 11.7 Å². The number of nitrogens with zero attached hydrogens (tertiary/aromatic N) is 1. The van der Waals surface area contributed by atoms with Crippen LogP contribution in [0.1, 0.15) is 56.3 Å². The first-order chi connectivity index (χ1) is 12.8. The van der Waals surface area contributed by atoms with Gasteiger partial charge in [-0.2, -0.15) is 0 Å². The molecule has 3 rings (SSSR count). The number of benzene rings is 1. The van der Waals surface area contributed by atoms with Crippen LogP contribution in [0, 0.1) is 13.8 Å². The summed E-state index contributed by atoms with van der Waals surface area (Å²) < 4.78 is 10.8. The summed E-state index contributed by atoms with van der Waals surface area (Å²) in [7, 11) is 3.09. The largest absolute Gasteiger partial charge is 0.496 e. The average Bonchev–Trinajstić information content (AvgIpc) is 2.94. The molecule has 1 aliphatic heterocycles. The van der Waals surface area contributed by atoms with Crippen molar-refractivity contribution in [2.24, 2.45) is 0 Å². The van der Waals surface area contributed by atoms with Crippen LogP contribution in [-0.4, -0.2) is 47.4 Å². The van der Waals surface area contributed by atoms with Crippen LogP contribution in [0.2, 0.25) is 0 Å². The number of β-amino-alcohol motifs (C(OH)–C–C–N with tert-alkyl or cyclic N) is 1. The first-order valence-electron chi connectivity index (χ1n) is 8.71. The Balaban J connectivity index is 2.01. The van der Waals surface area contributed by atoms with E-state index >= 15 is 0 Å². The summed E-state index contributed by atoms with van der Waals surface area (Å²) in [5, 5.41) is 10.7. The molecule has 2 aromatic rings. The Morgan fingerprint density at radius 3 is 2.37 bits per heavy atom. The summed E-state index contributed by atoms with van der Waals surface area (Å²) in [4.78, 5) is 29.6. The van der Waals surface area contributed by atoms with Crippen LogP contribution in [0.5, 0.6) is 11.5 Å². The molecular weight excluding hydrogens is 348 g/mol. The molecule has 2 heterocycles. The third-order valence-corrected chi connectivity index (χ3v) is 5.08. The van der Waals surface area contributed by atoms with Gasteiger partial charge in [-0.3, -0.25) is 9.59 Å². The summed E-state index contributed by atoms with van der Waals surface area (Å²) in [5.74, 6) is 0.802. The lowest BCUT2D eigenvalue weighted by molar-refractivity contribution is 0.0533. The van der Waals surface area contributed by atoms with Gasteiger partial charge >= 0.3 is 0 Å². The Hall–Kier alpha value is -2.80. The number of aliphatic hydroxyl groups excluding tert-OH is 1. The minimum absolute atomic E-state index is 0.0873. The maximum Gasteiger partial charge on any atom is 0.270 e. The van der Waals surface area contributed by atoms with E-state index in [4.69, 9.17) is 9.47 Å². The van der Waals surface area contributed by atoms with Gasteiger partial charge in [0.2, 0.25) is 0 Å². The summed E-state index contributed by atoms with van der Waals surface area (Å²) in [6.07, 6.45) is -0.897. The highest BCUT2D eigenvalue weighted by atomic mass is 16.5. The van der Waals surface area contributed by atoms with Gasteiger partial charge in [0, 0.05) is 22.4 Å². The molecule has 27 heavy (non-hydrogen) atoms. The number of ether oxygens (including phenoxy) is 2. The van der Waals surface area contributed by atoms with Crippen molar-refractivity contribution in [2.45, 2.75) is 33.4 Å². The second-order valence-electron chi connectivity index (χ2n) is 6.74. The molecule has 0 spiro atoms. The molecule has 2 N–H and O–H groups in total. The number of aryl methyl sites for hydroxylation is 1. The van der Waals surface area contributed by atoms with Crippen molar-refractivity contribution < 1.29 is 24.2 Å². The third-order valence-electron chi connectivity index (χ3n) is 5.08. The number of aromatic nitrogens is 1. The average molecular weight is 372 g/mol. The van der Waals surface area contributed by atoms with E-state index in [1.165, 1.54) is 6.92 Å². The predicted octanol–water partition coefficient (Wildman–Crippen LogP) is 2.54. The summed E-state index contributed by atoms with van der Waals surface area (Å²) in [6.45, 7) is 5.41. The minimum Gasteiger partial charge on any atom is -0.496 e. The molecule has 0 radical (unpaired) electrons. The van der Waals surface area contributed by atoms with Crippen LogP contribution in [0.25, 0.3) is 0 Å². The number of hydrogen-bond donors (Lipinski definition) is 2. The van der Waals surface area contributed by atoms with E-state index < -0.39 is 6.10 Å². The monoisotopic (exact) mass is 372 g/mol. The van der Waals surface area contributed by atoms with Crippen molar-refractivity contribution in [1.82, 2.24) is 9.88 Å². The summed E-state index contributed by atoms with van der Waals surface area (Å²) in [5.41, 5.74) is 3.57. The Labute approximate surface area is 157 Å². The molecule has 7 heteroatoms. The molecule has 1 aromatic heterocycles. The Bertz CT molecular complexity index is 916. The van der Waals surface area contributed by atoms with Crippen LogP contribution in [0.4, 0.5) is 0 Å². The van der Waals surface area contributed by atoms with E-state index in [0.717, 1.165) is 5.56 Å². The van der Waals surface area contributed by atoms with Gasteiger partial charge in [-0.05, 0) is 38.5 Å². The molecule has 0 bridgehead atoms. The predicted molar refractivity (Wildman–Crippen MR) is 99.5 cm³/mol. The zero-order valence-electron chi connectivity index (χ0n) is 16.2. The topological polar surface area (TPSA) is 91.9 Å². The molecular formula is C20H24N2O5. The maximum absolute atomic E-state index is 13.1. The van der Waals surface area contributed by atoms with Gasteiger partial charge in [0.1, 0.15) is 23.3 Å². The number of nitrogens with one attached hydrogen (secondary N) is 1. The van der Waals surface area contributed by atoms with Crippen LogP contribution < -0.4 is 9.47 Å². The van der Waals surface area contributed by atoms with E-state index in [1.54, 1.807) is 45.1 Å². The highest BCUT2D eigenvalue weighted by Crippen LogP contribution is 2.39. The number of fused-ring (bicyclic) bond motifs is 1. The standard InChI is InChI=1S/C20H24N2O5/c1-10-17(12(3)23)11(2)21-19(10)20(25)22-8-13-15(26-4)6-7-16(27-5)18(13)14(24)9-22/h6-7,14,21,24H,8-9H2,1-5H3. The van der Waals surface area contributed by atoms with Gasteiger partial charge in [-0.1, -0.05) is 0 Å². The molecule has 1 atom stereocenters.